The number of aryl methyl sites for hydroxylation is 3. The monoisotopic (exact) mass is 352 g/mol. The summed E-state index contributed by atoms with van der Waals surface area (Å²) in [7, 11) is 0. The molecule has 0 aliphatic carbocycles. The van der Waals surface area contributed by atoms with Crippen molar-refractivity contribution in [3.8, 4) is 6.07 Å². The van der Waals surface area contributed by atoms with Gasteiger partial charge in [-0.15, -0.1) is 11.3 Å². The molecule has 7 heteroatoms. The van der Waals surface area contributed by atoms with Gasteiger partial charge in [0.25, 0.3) is 11.5 Å². The van der Waals surface area contributed by atoms with Crippen LogP contribution in [0.1, 0.15) is 26.4 Å². The van der Waals surface area contributed by atoms with Crippen LogP contribution >= 0.6 is 11.3 Å². The smallest absolute Gasteiger partial charge is 0.266 e. The van der Waals surface area contributed by atoms with E-state index in [-0.39, 0.29) is 18.0 Å². The Labute approximate surface area is 148 Å². The van der Waals surface area contributed by atoms with Gasteiger partial charge in [-0.3, -0.25) is 14.2 Å². The van der Waals surface area contributed by atoms with Gasteiger partial charge in [-0.25, -0.2) is 4.98 Å². The second-order valence-electron chi connectivity index (χ2n) is 5.84. The van der Waals surface area contributed by atoms with Crippen molar-refractivity contribution in [3.05, 3.63) is 56.4 Å². The molecule has 25 heavy (non-hydrogen) atoms. The number of anilines is 1. The number of amides is 1. The van der Waals surface area contributed by atoms with Crippen LogP contribution in [0.25, 0.3) is 10.2 Å². The summed E-state index contributed by atoms with van der Waals surface area (Å²) >= 11 is 1.18. The summed E-state index contributed by atoms with van der Waals surface area (Å²) in [5.41, 5.74) is 3.12. The molecule has 0 spiro atoms. The molecule has 0 atom stereocenters. The van der Waals surface area contributed by atoms with E-state index in [9.17, 15) is 9.59 Å². The Kier molecular flexibility index (Phi) is 4.38. The summed E-state index contributed by atoms with van der Waals surface area (Å²) in [5.74, 6) is -0.265. The van der Waals surface area contributed by atoms with Gasteiger partial charge in [-0.1, -0.05) is 17.7 Å². The molecule has 2 aromatic heterocycles. The van der Waals surface area contributed by atoms with Crippen molar-refractivity contribution < 1.29 is 4.79 Å². The molecular weight excluding hydrogens is 336 g/mol. The molecule has 3 rings (SSSR count). The number of nitrogens with one attached hydrogen (secondary N) is 1. The summed E-state index contributed by atoms with van der Waals surface area (Å²) in [6, 6.07) is 7.72. The Bertz CT molecular complexity index is 1090. The van der Waals surface area contributed by atoms with Crippen LogP contribution in [0.3, 0.4) is 0 Å². The Hall–Kier alpha value is -2.98. The number of benzene rings is 1. The molecule has 0 saturated carbocycles. The lowest BCUT2D eigenvalue weighted by Gasteiger charge is -2.08. The van der Waals surface area contributed by atoms with Crippen molar-refractivity contribution in [2.45, 2.75) is 27.3 Å². The molecule has 3 aromatic rings. The predicted molar refractivity (Wildman–Crippen MR) is 98.1 cm³/mol. The van der Waals surface area contributed by atoms with Crippen LogP contribution in [0.5, 0.6) is 0 Å². The number of nitrogens with zero attached hydrogens (tertiary/aromatic N) is 3. The van der Waals surface area contributed by atoms with E-state index >= 15 is 0 Å². The van der Waals surface area contributed by atoms with Gasteiger partial charge in [-0.05, 0) is 38.0 Å². The highest BCUT2D eigenvalue weighted by Gasteiger charge is 2.20. The van der Waals surface area contributed by atoms with Gasteiger partial charge in [0.05, 0.1) is 16.3 Å². The fourth-order valence-corrected chi connectivity index (χ4v) is 3.73. The highest BCUT2D eigenvalue weighted by atomic mass is 32.1. The van der Waals surface area contributed by atoms with Crippen LogP contribution in [0.15, 0.2) is 29.3 Å². The third-order valence-corrected chi connectivity index (χ3v) is 5.19. The summed E-state index contributed by atoms with van der Waals surface area (Å²) in [6.07, 6.45) is 1.34. The molecule has 0 aliphatic rings. The van der Waals surface area contributed by atoms with Crippen LogP contribution in [0, 0.1) is 32.1 Å². The van der Waals surface area contributed by atoms with Crippen LogP contribution < -0.4 is 10.9 Å². The maximum Gasteiger partial charge on any atom is 0.266 e. The maximum absolute atomic E-state index is 12.7. The molecule has 6 nitrogen and oxygen atoms in total. The van der Waals surface area contributed by atoms with E-state index in [2.05, 4.69) is 10.3 Å². The molecule has 126 valence electrons. The van der Waals surface area contributed by atoms with Crippen LogP contribution in [0.2, 0.25) is 0 Å². The maximum atomic E-state index is 12.7. The van der Waals surface area contributed by atoms with Gasteiger partial charge in [0.15, 0.2) is 0 Å². The van der Waals surface area contributed by atoms with Crippen molar-refractivity contribution >= 4 is 33.1 Å². The molecule has 1 amide bonds. The molecule has 0 unspecified atom stereocenters. The number of thiophene rings is 1. The molecule has 2 heterocycles. The third kappa shape index (κ3) is 3.04. The quantitative estimate of drug-likeness (QED) is 0.784. The molecule has 1 aromatic carbocycles. The summed E-state index contributed by atoms with van der Waals surface area (Å²) in [5, 5.41) is 12.1. The number of aromatic nitrogens is 2. The predicted octanol–water partition coefficient (Wildman–Crippen LogP) is 3.16. The van der Waals surface area contributed by atoms with E-state index in [0.717, 1.165) is 16.8 Å². The van der Waals surface area contributed by atoms with E-state index in [1.165, 1.54) is 22.2 Å². The van der Waals surface area contributed by atoms with E-state index in [0.29, 0.717) is 20.7 Å². The Morgan fingerprint density at radius 1 is 1.36 bits per heavy atom. The average molecular weight is 352 g/mol. The van der Waals surface area contributed by atoms with Crippen molar-refractivity contribution in [3.63, 3.8) is 0 Å². The first-order valence-electron chi connectivity index (χ1n) is 7.66. The number of hydrogen-bond donors (Lipinski definition) is 1. The van der Waals surface area contributed by atoms with Gasteiger partial charge in [0, 0.05) is 5.69 Å². The molecule has 0 radical (unpaired) electrons. The van der Waals surface area contributed by atoms with Gasteiger partial charge in [-0.2, -0.15) is 5.26 Å². The SMILES string of the molecule is Cc1ccc(NC(=O)c2sc3ncn(CC#N)c(=O)c3c2C)c(C)c1. The lowest BCUT2D eigenvalue weighted by molar-refractivity contribution is 0.103. The van der Waals surface area contributed by atoms with Gasteiger partial charge >= 0.3 is 0 Å². The van der Waals surface area contributed by atoms with Crippen molar-refractivity contribution in [1.82, 2.24) is 9.55 Å². The average Bonchev–Trinajstić information content (AvgIpc) is 2.90. The number of hydrogen-bond acceptors (Lipinski definition) is 5. The summed E-state index contributed by atoms with van der Waals surface area (Å²) < 4.78 is 1.24. The Morgan fingerprint density at radius 2 is 2.12 bits per heavy atom. The van der Waals surface area contributed by atoms with Gasteiger partial charge in [0.2, 0.25) is 0 Å². The van der Waals surface area contributed by atoms with E-state index in [1.54, 1.807) is 6.92 Å². The van der Waals surface area contributed by atoms with Crippen molar-refractivity contribution in [1.29, 1.82) is 5.26 Å². The lowest BCUT2D eigenvalue weighted by atomic mass is 10.1. The Morgan fingerprint density at radius 3 is 2.80 bits per heavy atom. The largest absolute Gasteiger partial charge is 0.321 e. The molecular formula is C18H16N4O2S. The first-order chi connectivity index (χ1) is 11.9. The highest BCUT2D eigenvalue weighted by Crippen LogP contribution is 2.28. The van der Waals surface area contributed by atoms with Crippen LogP contribution in [-0.4, -0.2) is 15.5 Å². The third-order valence-electron chi connectivity index (χ3n) is 3.99. The van der Waals surface area contributed by atoms with E-state index in [1.807, 2.05) is 38.1 Å². The van der Waals surface area contributed by atoms with Gasteiger partial charge < -0.3 is 5.32 Å². The van der Waals surface area contributed by atoms with Crippen molar-refractivity contribution in [2.24, 2.45) is 0 Å². The number of carbonyl (C=O) groups is 1. The topological polar surface area (TPSA) is 87.8 Å². The summed E-state index contributed by atoms with van der Waals surface area (Å²) in [6.45, 7) is 5.59. The zero-order valence-corrected chi connectivity index (χ0v) is 14.9. The number of nitriles is 1. The number of carbonyl (C=O) groups excluding carboxylic acids is 1. The zero-order chi connectivity index (χ0) is 18.1. The van der Waals surface area contributed by atoms with E-state index in [4.69, 9.17) is 5.26 Å². The highest BCUT2D eigenvalue weighted by molar-refractivity contribution is 7.20. The molecule has 0 bridgehead atoms. The van der Waals surface area contributed by atoms with Crippen molar-refractivity contribution in [2.75, 3.05) is 5.32 Å². The second-order valence-corrected chi connectivity index (χ2v) is 6.84. The Balaban J connectivity index is 2.02. The fourth-order valence-electron chi connectivity index (χ4n) is 2.70. The lowest BCUT2D eigenvalue weighted by Crippen LogP contribution is -2.20. The van der Waals surface area contributed by atoms with Crippen LogP contribution in [0.4, 0.5) is 5.69 Å². The first kappa shape index (κ1) is 16.9. The summed E-state index contributed by atoms with van der Waals surface area (Å²) in [4.78, 5) is 30.3. The molecule has 0 aliphatic heterocycles. The number of fused-ring (bicyclic) bond motifs is 1. The fraction of sp³-hybridized carbons (Fsp3) is 0.222. The van der Waals surface area contributed by atoms with Crippen LogP contribution in [-0.2, 0) is 6.54 Å². The minimum absolute atomic E-state index is 0.0683. The molecule has 0 saturated heterocycles. The zero-order valence-electron chi connectivity index (χ0n) is 14.1. The minimum atomic E-state index is -0.300. The second kappa shape index (κ2) is 6.49. The normalized spacial score (nSPS) is 10.6. The van der Waals surface area contributed by atoms with E-state index < -0.39 is 0 Å². The first-order valence-corrected chi connectivity index (χ1v) is 8.48. The number of rotatable bonds is 3. The molecule has 0 fully saturated rings. The van der Waals surface area contributed by atoms with Gasteiger partial charge in [0.1, 0.15) is 17.7 Å². The minimum Gasteiger partial charge on any atom is -0.321 e. The standard InChI is InChI=1S/C18H16N4O2S/c1-10-4-5-13(11(2)8-10)21-16(23)15-12(3)14-17(25-15)20-9-22(7-6-19)18(14)24/h4-5,8-9H,7H2,1-3H3,(H,21,23). The molecule has 1 N–H and O–H groups in total.